The Labute approximate surface area is 122 Å². The summed E-state index contributed by atoms with van der Waals surface area (Å²) in [5, 5.41) is 4.36. The molecular weight excluding hydrogens is 278 g/mol. The number of halogens is 1. The molecule has 1 N–H and O–H groups in total. The van der Waals surface area contributed by atoms with Gasteiger partial charge in [0.05, 0.1) is 17.0 Å². The second-order valence-corrected chi connectivity index (χ2v) is 6.14. The summed E-state index contributed by atoms with van der Waals surface area (Å²) in [5.41, 5.74) is 1.27. The first-order valence-corrected chi connectivity index (χ1v) is 7.85. The maximum absolute atomic E-state index is 6.32. The lowest BCUT2D eigenvalue weighted by atomic mass is 10.2. The molecule has 1 aliphatic carbocycles. The van der Waals surface area contributed by atoms with Crippen LogP contribution in [0.1, 0.15) is 24.2 Å². The molecule has 0 atom stereocenters. The molecule has 0 spiro atoms. The molecular formula is C15H16ClNOS. The van der Waals surface area contributed by atoms with Crippen molar-refractivity contribution in [3.63, 3.8) is 0 Å². The minimum Gasteiger partial charge on any atom is -0.468 e. The quantitative estimate of drug-likeness (QED) is 0.795. The van der Waals surface area contributed by atoms with Crippen LogP contribution in [-0.2, 0) is 12.3 Å². The smallest absolute Gasteiger partial charge is 0.113 e. The standard InChI is InChI=1S/C15H16ClNOS/c16-14-5-1-3-11(9-17-12-6-7-12)15(14)19-10-13-4-2-8-18-13/h1-5,8,12,17H,6-7,9-10H2. The molecule has 19 heavy (non-hydrogen) atoms. The van der Waals surface area contributed by atoms with Gasteiger partial charge in [0.1, 0.15) is 5.76 Å². The van der Waals surface area contributed by atoms with Crippen molar-refractivity contribution in [3.05, 3.63) is 52.9 Å². The van der Waals surface area contributed by atoms with Gasteiger partial charge < -0.3 is 9.73 Å². The van der Waals surface area contributed by atoms with Crippen molar-refractivity contribution >= 4 is 23.4 Å². The van der Waals surface area contributed by atoms with Gasteiger partial charge in [-0.15, -0.1) is 11.8 Å². The van der Waals surface area contributed by atoms with E-state index in [1.807, 2.05) is 24.3 Å². The van der Waals surface area contributed by atoms with Crippen molar-refractivity contribution in [2.24, 2.45) is 0 Å². The topological polar surface area (TPSA) is 25.2 Å². The zero-order valence-corrected chi connectivity index (χ0v) is 12.1. The largest absolute Gasteiger partial charge is 0.468 e. The summed E-state index contributed by atoms with van der Waals surface area (Å²) in [7, 11) is 0. The number of hydrogen-bond acceptors (Lipinski definition) is 3. The van der Waals surface area contributed by atoms with Crippen LogP contribution < -0.4 is 5.32 Å². The number of hydrogen-bond donors (Lipinski definition) is 1. The van der Waals surface area contributed by atoms with Crippen LogP contribution in [0.3, 0.4) is 0 Å². The van der Waals surface area contributed by atoms with Crippen molar-refractivity contribution in [2.45, 2.75) is 36.1 Å². The van der Waals surface area contributed by atoms with E-state index < -0.39 is 0 Å². The third kappa shape index (κ3) is 3.56. The van der Waals surface area contributed by atoms with E-state index in [2.05, 4.69) is 11.4 Å². The fraction of sp³-hybridized carbons (Fsp3) is 0.333. The zero-order valence-electron chi connectivity index (χ0n) is 10.6. The molecule has 2 aromatic rings. The molecule has 1 heterocycles. The maximum Gasteiger partial charge on any atom is 0.113 e. The Hall–Kier alpha value is -0.900. The van der Waals surface area contributed by atoms with Crippen LogP contribution in [0.15, 0.2) is 45.9 Å². The molecule has 0 radical (unpaired) electrons. The third-order valence-electron chi connectivity index (χ3n) is 3.15. The highest BCUT2D eigenvalue weighted by Crippen LogP contribution is 2.33. The predicted molar refractivity (Wildman–Crippen MR) is 79.6 cm³/mol. The second-order valence-electron chi connectivity index (χ2n) is 4.75. The lowest BCUT2D eigenvalue weighted by Gasteiger charge is -2.11. The minimum absolute atomic E-state index is 0.710. The van der Waals surface area contributed by atoms with Gasteiger partial charge in [0.15, 0.2) is 0 Å². The summed E-state index contributed by atoms with van der Waals surface area (Å²) in [6, 6.07) is 10.7. The Bertz CT molecular complexity index is 537. The lowest BCUT2D eigenvalue weighted by molar-refractivity contribution is 0.530. The molecule has 3 rings (SSSR count). The Kier molecular flexibility index (Phi) is 4.16. The van der Waals surface area contributed by atoms with Gasteiger partial charge in [-0.3, -0.25) is 0 Å². The van der Waals surface area contributed by atoms with Crippen molar-refractivity contribution in [2.75, 3.05) is 0 Å². The molecule has 100 valence electrons. The molecule has 0 bridgehead atoms. The average Bonchev–Trinajstić information content (AvgIpc) is 3.10. The first-order chi connectivity index (χ1) is 9.33. The van der Waals surface area contributed by atoms with E-state index in [4.69, 9.17) is 16.0 Å². The van der Waals surface area contributed by atoms with Crippen LogP contribution in [0.5, 0.6) is 0 Å². The average molecular weight is 294 g/mol. The van der Waals surface area contributed by atoms with Crippen molar-refractivity contribution in [1.82, 2.24) is 5.32 Å². The molecule has 1 aromatic carbocycles. The van der Waals surface area contributed by atoms with Crippen LogP contribution in [-0.4, -0.2) is 6.04 Å². The molecule has 1 aromatic heterocycles. The van der Waals surface area contributed by atoms with Crippen LogP contribution in [0.25, 0.3) is 0 Å². The van der Waals surface area contributed by atoms with Crippen LogP contribution in [0.2, 0.25) is 5.02 Å². The molecule has 1 saturated carbocycles. The van der Waals surface area contributed by atoms with E-state index in [0.29, 0.717) is 6.04 Å². The second kappa shape index (κ2) is 6.04. The third-order valence-corrected chi connectivity index (χ3v) is 4.77. The Morgan fingerprint density at radius 3 is 2.89 bits per heavy atom. The highest BCUT2D eigenvalue weighted by atomic mass is 35.5. The van der Waals surface area contributed by atoms with Gasteiger partial charge in [-0.05, 0) is 36.6 Å². The number of furan rings is 1. The van der Waals surface area contributed by atoms with Crippen molar-refractivity contribution in [1.29, 1.82) is 0 Å². The molecule has 4 heteroatoms. The maximum atomic E-state index is 6.32. The Balaban J connectivity index is 1.69. The first kappa shape index (κ1) is 13.1. The highest BCUT2D eigenvalue weighted by molar-refractivity contribution is 7.98. The normalized spacial score (nSPS) is 14.8. The van der Waals surface area contributed by atoms with Crippen LogP contribution in [0.4, 0.5) is 0 Å². The fourth-order valence-electron chi connectivity index (χ4n) is 1.93. The summed E-state index contributed by atoms with van der Waals surface area (Å²) < 4.78 is 5.36. The molecule has 1 fully saturated rings. The Morgan fingerprint density at radius 1 is 1.26 bits per heavy atom. The number of rotatable bonds is 6. The van der Waals surface area contributed by atoms with Gasteiger partial charge in [-0.1, -0.05) is 23.7 Å². The van der Waals surface area contributed by atoms with Crippen molar-refractivity contribution < 1.29 is 4.42 Å². The zero-order chi connectivity index (χ0) is 13.1. The Morgan fingerprint density at radius 2 is 2.16 bits per heavy atom. The molecule has 0 amide bonds. The molecule has 0 unspecified atom stereocenters. The van der Waals surface area contributed by atoms with Gasteiger partial charge in [-0.2, -0.15) is 0 Å². The summed E-state index contributed by atoms with van der Waals surface area (Å²) in [4.78, 5) is 1.16. The monoisotopic (exact) mass is 293 g/mol. The van der Waals surface area contributed by atoms with Gasteiger partial charge in [0.2, 0.25) is 0 Å². The van der Waals surface area contributed by atoms with Crippen LogP contribution in [0, 0.1) is 0 Å². The summed E-state index contributed by atoms with van der Waals surface area (Å²) in [5.74, 6) is 1.79. The van der Waals surface area contributed by atoms with E-state index in [1.165, 1.54) is 18.4 Å². The van der Waals surface area contributed by atoms with E-state index in [-0.39, 0.29) is 0 Å². The summed E-state index contributed by atoms with van der Waals surface area (Å²) in [6.07, 6.45) is 4.31. The minimum atomic E-state index is 0.710. The van der Waals surface area contributed by atoms with E-state index in [0.717, 1.165) is 28.0 Å². The summed E-state index contributed by atoms with van der Waals surface area (Å²) in [6.45, 7) is 0.895. The van der Waals surface area contributed by atoms with Gasteiger partial charge >= 0.3 is 0 Å². The highest BCUT2D eigenvalue weighted by Gasteiger charge is 2.20. The molecule has 0 saturated heterocycles. The predicted octanol–water partition coefficient (Wildman–Crippen LogP) is 4.48. The number of thioether (sulfide) groups is 1. The SMILES string of the molecule is Clc1cccc(CNC2CC2)c1SCc1ccco1. The van der Waals surface area contributed by atoms with Gasteiger partial charge in [0, 0.05) is 17.5 Å². The van der Waals surface area contributed by atoms with E-state index >= 15 is 0 Å². The van der Waals surface area contributed by atoms with Crippen LogP contribution >= 0.6 is 23.4 Å². The number of benzene rings is 1. The lowest BCUT2D eigenvalue weighted by Crippen LogP contribution is -2.15. The fourth-order valence-corrected chi connectivity index (χ4v) is 3.27. The molecule has 1 aliphatic rings. The van der Waals surface area contributed by atoms with E-state index in [9.17, 15) is 0 Å². The van der Waals surface area contributed by atoms with Crippen molar-refractivity contribution in [3.8, 4) is 0 Å². The molecule has 2 nitrogen and oxygen atoms in total. The van der Waals surface area contributed by atoms with E-state index in [1.54, 1.807) is 18.0 Å². The number of nitrogens with one attached hydrogen (secondary N) is 1. The van der Waals surface area contributed by atoms with Gasteiger partial charge in [0.25, 0.3) is 0 Å². The molecule has 0 aliphatic heterocycles. The first-order valence-electron chi connectivity index (χ1n) is 6.49. The van der Waals surface area contributed by atoms with Gasteiger partial charge in [-0.25, -0.2) is 0 Å². The summed E-state index contributed by atoms with van der Waals surface area (Å²) >= 11 is 8.06.